The van der Waals surface area contributed by atoms with Crippen molar-refractivity contribution < 1.29 is 19.4 Å². The van der Waals surface area contributed by atoms with Crippen molar-refractivity contribution in [1.29, 1.82) is 0 Å². The molecule has 1 N–H and O–H groups in total. The van der Waals surface area contributed by atoms with Crippen LogP contribution in [0.15, 0.2) is 12.2 Å². The topological polar surface area (TPSA) is 66.8 Å². The molecule has 1 rings (SSSR count). The predicted octanol–water partition coefficient (Wildman–Crippen LogP) is 0.511. The number of allylic oxidation sites excluding steroid dienone is 1. The highest BCUT2D eigenvalue weighted by Gasteiger charge is 2.38. The minimum absolute atomic E-state index is 0.160. The molecule has 0 aromatic carbocycles. The van der Waals surface area contributed by atoms with Crippen LogP contribution in [0.4, 0.5) is 0 Å². The second-order valence-electron chi connectivity index (χ2n) is 3.67. The molecule has 0 bridgehead atoms. The molecule has 1 aliphatic rings. The van der Waals surface area contributed by atoms with Gasteiger partial charge in [-0.05, 0) is 19.9 Å². The molecule has 90 valence electrons. The zero-order chi connectivity index (χ0) is 12.1. The third-order valence-electron chi connectivity index (χ3n) is 2.70. The molecule has 5 heteroatoms. The van der Waals surface area contributed by atoms with Crippen molar-refractivity contribution >= 4 is 11.9 Å². The summed E-state index contributed by atoms with van der Waals surface area (Å²) in [6.45, 7) is 4.55. The van der Waals surface area contributed by atoms with E-state index in [2.05, 4.69) is 0 Å². The van der Waals surface area contributed by atoms with Crippen molar-refractivity contribution in [3.63, 3.8) is 0 Å². The number of carbonyl (C=O) groups is 2. The second kappa shape index (κ2) is 5.65. The van der Waals surface area contributed by atoms with Gasteiger partial charge in [0.2, 0.25) is 5.91 Å². The number of carboxylic acid groups (broad SMARTS) is 1. The molecule has 0 aliphatic carbocycles. The lowest BCUT2D eigenvalue weighted by atomic mass is 10.0. The van der Waals surface area contributed by atoms with Gasteiger partial charge in [0, 0.05) is 6.54 Å². The van der Waals surface area contributed by atoms with Crippen LogP contribution in [0.1, 0.15) is 13.8 Å². The highest BCUT2D eigenvalue weighted by molar-refractivity contribution is 5.88. The summed E-state index contributed by atoms with van der Waals surface area (Å²) in [5.74, 6) is -1.69. The molecule has 16 heavy (non-hydrogen) atoms. The van der Waals surface area contributed by atoms with E-state index in [0.29, 0.717) is 13.2 Å². The van der Waals surface area contributed by atoms with Gasteiger partial charge in [0.15, 0.2) is 0 Å². The van der Waals surface area contributed by atoms with Crippen LogP contribution in [0.5, 0.6) is 0 Å². The summed E-state index contributed by atoms with van der Waals surface area (Å²) >= 11 is 0. The Balaban J connectivity index is 2.79. The molecule has 0 aromatic rings. The standard InChI is InChI=1S/C11H17NO4/c1-3-5-10(13)12(4-2)9-7-16-6-8(9)11(14)15/h3,5,8-9H,4,6-7H2,1-2H3,(H,14,15)/b5-3+. The number of likely N-dealkylation sites (N-methyl/N-ethyl adjacent to an activating group) is 1. The maximum absolute atomic E-state index is 11.7. The van der Waals surface area contributed by atoms with E-state index in [-0.39, 0.29) is 18.6 Å². The number of amides is 1. The van der Waals surface area contributed by atoms with Crippen molar-refractivity contribution in [3.05, 3.63) is 12.2 Å². The quantitative estimate of drug-likeness (QED) is 0.711. The van der Waals surface area contributed by atoms with Gasteiger partial charge in [-0.15, -0.1) is 0 Å². The highest BCUT2D eigenvalue weighted by Crippen LogP contribution is 2.20. The van der Waals surface area contributed by atoms with Crippen LogP contribution >= 0.6 is 0 Å². The van der Waals surface area contributed by atoms with Gasteiger partial charge < -0.3 is 14.7 Å². The molecule has 0 spiro atoms. The maximum Gasteiger partial charge on any atom is 0.311 e. The monoisotopic (exact) mass is 227 g/mol. The number of ether oxygens (including phenoxy) is 1. The van der Waals surface area contributed by atoms with Crippen molar-refractivity contribution in [2.45, 2.75) is 19.9 Å². The third-order valence-corrected chi connectivity index (χ3v) is 2.70. The van der Waals surface area contributed by atoms with E-state index in [9.17, 15) is 9.59 Å². The van der Waals surface area contributed by atoms with Crippen LogP contribution in [0.25, 0.3) is 0 Å². The molecule has 1 saturated heterocycles. The Labute approximate surface area is 94.7 Å². The molecule has 1 fully saturated rings. The van der Waals surface area contributed by atoms with E-state index in [0.717, 1.165) is 0 Å². The fraction of sp³-hybridized carbons (Fsp3) is 0.636. The van der Waals surface area contributed by atoms with Gasteiger partial charge in [-0.1, -0.05) is 6.08 Å². The van der Waals surface area contributed by atoms with Crippen molar-refractivity contribution in [1.82, 2.24) is 4.90 Å². The van der Waals surface area contributed by atoms with Gasteiger partial charge >= 0.3 is 5.97 Å². The Hall–Kier alpha value is -1.36. The van der Waals surface area contributed by atoms with Gasteiger partial charge in [0.1, 0.15) is 5.92 Å². The molecule has 2 unspecified atom stereocenters. The smallest absolute Gasteiger partial charge is 0.311 e. The van der Waals surface area contributed by atoms with Crippen LogP contribution < -0.4 is 0 Å². The number of carboxylic acids is 1. The molecule has 0 aromatic heterocycles. The SMILES string of the molecule is C/C=C/C(=O)N(CC)C1COCC1C(=O)O. The first-order valence-electron chi connectivity index (χ1n) is 5.35. The molecule has 0 saturated carbocycles. The fourth-order valence-electron chi connectivity index (χ4n) is 1.88. The van der Waals surface area contributed by atoms with Gasteiger partial charge in [-0.25, -0.2) is 0 Å². The molecule has 1 heterocycles. The first-order valence-corrected chi connectivity index (χ1v) is 5.35. The number of carbonyl (C=O) groups excluding carboxylic acids is 1. The molecule has 2 atom stereocenters. The Morgan fingerprint density at radius 3 is 2.69 bits per heavy atom. The number of aliphatic carboxylic acids is 1. The van der Waals surface area contributed by atoms with Gasteiger partial charge in [-0.2, -0.15) is 0 Å². The molecular formula is C11H17NO4. The highest BCUT2D eigenvalue weighted by atomic mass is 16.5. The first-order chi connectivity index (χ1) is 7.61. The molecular weight excluding hydrogens is 210 g/mol. The Bertz CT molecular complexity index is 300. The Morgan fingerprint density at radius 2 is 2.19 bits per heavy atom. The number of rotatable bonds is 4. The average molecular weight is 227 g/mol. The average Bonchev–Trinajstić information content (AvgIpc) is 2.68. The summed E-state index contributed by atoms with van der Waals surface area (Å²) < 4.78 is 5.14. The predicted molar refractivity (Wildman–Crippen MR) is 57.9 cm³/mol. The van der Waals surface area contributed by atoms with Crippen LogP contribution in [0.3, 0.4) is 0 Å². The summed E-state index contributed by atoms with van der Waals surface area (Å²) in [7, 11) is 0. The van der Waals surface area contributed by atoms with Gasteiger partial charge in [-0.3, -0.25) is 9.59 Å². The van der Waals surface area contributed by atoms with E-state index in [1.165, 1.54) is 6.08 Å². The van der Waals surface area contributed by atoms with Crippen LogP contribution in [-0.2, 0) is 14.3 Å². The summed E-state index contributed by atoms with van der Waals surface area (Å²) in [6, 6.07) is -0.355. The molecule has 0 radical (unpaired) electrons. The van der Waals surface area contributed by atoms with Crippen molar-refractivity contribution in [2.24, 2.45) is 5.92 Å². The van der Waals surface area contributed by atoms with Crippen molar-refractivity contribution in [3.8, 4) is 0 Å². The minimum atomic E-state index is -0.908. The van der Waals surface area contributed by atoms with Crippen LogP contribution in [0, 0.1) is 5.92 Å². The van der Waals surface area contributed by atoms with E-state index in [4.69, 9.17) is 9.84 Å². The summed E-state index contributed by atoms with van der Waals surface area (Å²) in [5.41, 5.74) is 0. The zero-order valence-electron chi connectivity index (χ0n) is 9.55. The minimum Gasteiger partial charge on any atom is -0.481 e. The van der Waals surface area contributed by atoms with Crippen LogP contribution in [0.2, 0.25) is 0 Å². The number of hydrogen-bond acceptors (Lipinski definition) is 3. The van der Waals surface area contributed by atoms with Crippen molar-refractivity contribution in [2.75, 3.05) is 19.8 Å². The largest absolute Gasteiger partial charge is 0.481 e. The Kier molecular flexibility index (Phi) is 4.49. The Morgan fingerprint density at radius 1 is 1.50 bits per heavy atom. The lowest BCUT2D eigenvalue weighted by Gasteiger charge is -2.28. The summed E-state index contributed by atoms with van der Waals surface area (Å²) in [6.07, 6.45) is 3.09. The fourth-order valence-corrected chi connectivity index (χ4v) is 1.88. The first kappa shape index (κ1) is 12.7. The third kappa shape index (κ3) is 2.61. The second-order valence-corrected chi connectivity index (χ2v) is 3.67. The molecule has 5 nitrogen and oxygen atoms in total. The van der Waals surface area contributed by atoms with E-state index in [1.54, 1.807) is 17.9 Å². The van der Waals surface area contributed by atoms with E-state index in [1.807, 2.05) is 6.92 Å². The lowest BCUT2D eigenvalue weighted by molar-refractivity contribution is -0.144. The molecule has 1 aliphatic heterocycles. The maximum atomic E-state index is 11.7. The van der Waals surface area contributed by atoms with E-state index >= 15 is 0 Å². The van der Waals surface area contributed by atoms with E-state index < -0.39 is 11.9 Å². The number of hydrogen-bond donors (Lipinski definition) is 1. The number of nitrogens with zero attached hydrogens (tertiary/aromatic N) is 1. The van der Waals surface area contributed by atoms with Crippen LogP contribution in [-0.4, -0.2) is 47.7 Å². The summed E-state index contributed by atoms with van der Waals surface area (Å²) in [4.78, 5) is 24.2. The van der Waals surface area contributed by atoms with Gasteiger partial charge in [0.25, 0.3) is 0 Å². The summed E-state index contributed by atoms with van der Waals surface area (Å²) in [5, 5.41) is 9.00. The zero-order valence-corrected chi connectivity index (χ0v) is 9.55. The normalized spacial score (nSPS) is 24.9. The lowest BCUT2D eigenvalue weighted by Crippen LogP contribution is -2.45. The molecule has 1 amide bonds. The van der Waals surface area contributed by atoms with Gasteiger partial charge in [0.05, 0.1) is 19.3 Å².